The highest BCUT2D eigenvalue weighted by Gasteiger charge is 2.50. The maximum absolute atomic E-state index is 12.9. The Kier molecular flexibility index (Phi) is 1.28. The number of hydrogen-bond acceptors (Lipinski definition) is 1. The molecule has 2 rings (SSSR count). The van der Waals surface area contributed by atoms with E-state index in [1.165, 1.54) is 6.42 Å². The SMILES string of the molecule is CC[C@]12CCN1C[C@@H](F)C2. The van der Waals surface area contributed by atoms with Crippen molar-refractivity contribution in [2.24, 2.45) is 0 Å². The van der Waals surface area contributed by atoms with Crippen LogP contribution in [-0.4, -0.2) is 29.7 Å². The molecule has 0 aliphatic carbocycles. The lowest BCUT2D eigenvalue weighted by Crippen LogP contribution is -2.54. The van der Waals surface area contributed by atoms with Gasteiger partial charge in [-0.1, -0.05) is 6.92 Å². The first-order valence-electron chi connectivity index (χ1n) is 4.16. The Balaban J connectivity index is 2.10. The summed E-state index contributed by atoms with van der Waals surface area (Å²) in [5, 5.41) is 0. The van der Waals surface area contributed by atoms with Crippen LogP contribution in [0.5, 0.6) is 0 Å². The lowest BCUT2D eigenvalue weighted by molar-refractivity contribution is 0.0244. The van der Waals surface area contributed by atoms with E-state index in [9.17, 15) is 4.39 Å². The van der Waals surface area contributed by atoms with Gasteiger partial charge >= 0.3 is 0 Å². The minimum Gasteiger partial charge on any atom is -0.295 e. The van der Waals surface area contributed by atoms with Gasteiger partial charge in [-0.2, -0.15) is 0 Å². The van der Waals surface area contributed by atoms with E-state index in [-0.39, 0.29) is 0 Å². The number of nitrogens with zero attached hydrogens (tertiary/aromatic N) is 1. The summed E-state index contributed by atoms with van der Waals surface area (Å²) in [6.07, 6.45) is 2.61. The van der Waals surface area contributed by atoms with Gasteiger partial charge in [0.25, 0.3) is 0 Å². The molecule has 10 heavy (non-hydrogen) atoms. The molecule has 0 radical (unpaired) electrons. The van der Waals surface area contributed by atoms with Crippen molar-refractivity contribution in [1.29, 1.82) is 0 Å². The average Bonchev–Trinajstić information content (AvgIpc) is 2.11. The van der Waals surface area contributed by atoms with Crippen molar-refractivity contribution in [2.45, 2.75) is 37.9 Å². The third kappa shape index (κ3) is 0.656. The van der Waals surface area contributed by atoms with Gasteiger partial charge in [-0.3, -0.25) is 4.90 Å². The van der Waals surface area contributed by atoms with E-state index >= 15 is 0 Å². The Hall–Kier alpha value is -0.110. The molecule has 0 amide bonds. The highest BCUT2D eigenvalue weighted by molar-refractivity contribution is 5.05. The molecule has 0 saturated carbocycles. The fourth-order valence-electron chi connectivity index (χ4n) is 2.36. The Morgan fingerprint density at radius 2 is 2.50 bits per heavy atom. The van der Waals surface area contributed by atoms with Crippen LogP contribution in [0, 0.1) is 0 Å². The monoisotopic (exact) mass is 143 g/mol. The quantitative estimate of drug-likeness (QED) is 0.538. The van der Waals surface area contributed by atoms with Crippen molar-refractivity contribution in [2.75, 3.05) is 13.1 Å². The molecule has 0 bridgehead atoms. The minimum absolute atomic E-state index is 0.305. The molecule has 2 heterocycles. The zero-order valence-electron chi connectivity index (χ0n) is 6.44. The minimum atomic E-state index is -0.539. The first-order chi connectivity index (χ1) is 4.77. The molecular formula is C8H14FN. The fraction of sp³-hybridized carbons (Fsp3) is 1.00. The molecule has 2 heteroatoms. The van der Waals surface area contributed by atoms with Crippen LogP contribution >= 0.6 is 0 Å². The first-order valence-corrected chi connectivity index (χ1v) is 4.16. The molecule has 0 unspecified atom stereocenters. The third-order valence-corrected chi connectivity index (χ3v) is 3.20. The number of rotatable bonds is 1. The number of halogens is 1. The summed E-state index contributed by atoms with van der Waals surface area (Å²) in [7, 11) is 0. The van der Waals surface area contributed by atoms with Gasteiger partial charge < -0.3 is 0 Å². The second-order valence-corrected chi connectivity index (χ2v) is 3.58. The molecule has 2 saturated heterocycles. The van der Waals surface area contributed by atoms with Gasteiger partial charge in [0.15, 0.2) is 0 Å². The van der Waals surface area contributed by atoms with Crippen molar-refractivity contribution in [3.63, 3.8) is 0 Å². The Morgan fingerprint density at radius 1 is 1.70 bits per heavy atom. The van der Waals surface area contributed by atoms with Crippen LogP contribution in [0.15, 0.2) is 0 Å². The van der Waals surface area contributed by atoms with E-state index in [1.54, 1.807) is 0 Å². The van der Waals surface area contributed by atoms with E-state index in [4.69, 9.17) is 0 Å². The number of alkyl halides is 1. The smallest absolute Gasteiger partial charge is 0.115 e. The second-order valence-electron chi connectivity index (χ2n) is 3.58. The van der Waals surface area contributed by atoms with Crippen LogP contribution in [0.2, 0.25) is 0 Å². The predicted molar refractivity (Wildman–Crippen MR) is 38.7 cm³/mol. The van der Waals surface area contributed by atoms with Gasteiger partial charge in [0.1, 0.15) is 6.17 Å². The van der Waals surface area contributed by atoms with E-state index < -0.39 is 6.17 Å². The van der Waals surface area contributed by atoms with Gasteiger partial charge in [0.05, 0.1) is 0 Å². The van der Waals surface area contributed by atoms with Crippen molar-refractivity contribution >= 4 is 0 Å². The first kappa shape index (κ1) is 6.59. The van der Waals surface area contributed by atoms with Crippen LogP contribution in [0.4, 0.5) is 4.39 Å². The Labute approximate surface area is 61.2 Å². The molecule has 0 aromatic carbocycles. The zero-order chi connectivity index (χ0) is 7.19. The lowest BCUT2D eigenvalue weighted by Gasteiger charge is -2.47. The molecule has 0 aromatic rings. The molecule has 0 aromatic heterocycles. The predicted octanol–water partition coefficient (Wildman–Crippen LogP) is 1.58. The summed E-state index contributed by atoms with van der Waals surface area (Å²) in [6.45, 7) is 4.01. The van der Waals surface area contributed by atoms with Crippen LogP contribution in [0.1, 0.15) is 26.2 Å². The molecule has 2 atom stereocenters. The van der Waals surface area contributed by atoms with Crippen molar-refractivity contribution in [1.82, 2.24) is 4.90 Å². The molecular weight excluding hydrogens is 129 g/mol. The summed E-state index contributed by atoms with van der Waals surface area (Å²) >= 11 is 0. The molecule has 0 N–H and O–H groups in total. The van der Waals surface area contributed by atoms with Crippen LogP contribution in [0.25, 0.3) is 0 Å². The molecule has 58 valence electrons. The van der Waals surface area contributed by atoms with Gasteiger partial charge in [0.2, 0.25) is 0 Å². The highest BCUT2D eigenvalue weighted by Crippen LogP contribution is 2.43. The Morgan fingerprint density at radius 3 is 2.80 bits per heavy atom. The fourth-order valence-corrected chi connectivity index (χ4v) is 2.36. The highest BCUT2D eigenvalue weighted by atomic mass is 19.1. The van der Waals surface area contributed by atoms with E-state index in [2.05, 4.69) is 11.8 Å². The maximum atomic E-state index is 12.9. The normalized spacial score (nSPS) is 46.8. The number of fused-ring (bicyclic) bond motifs is 1. The zero-order valence-corrected chi connectivity index (χ0v) is 6.44. The van der Waals surface area contributed by atoms with Gasteiger partial charge in [-0.05, 0) is 19.3 Å². The summed E-state index contributed by atoms with van der Waals surface area (Å²) in [6, 6.07) is 0. The topological polar surface area (TPSA) is 3.24 Å². The van der Waals surface area contributed by atoms with Crippen LogP contribution < -0.4 is 0 Å². The van der Waals surface area contributed by atoms with Crippen molar-refractivity contribution in [3.05, 3.63) is 0 Å². The van der Waals surface area contributed by atoms with E-state index in [1.807, 2.05) is 0 Å². The van der Waals surface area contributed by atoms with Crippen molar-refractivity contribution in [3.8, 4) is 0 Å². The third-order valence-electron chi connectivity index (χ3n) is 3.20. The molecule has 0 spiro atoms. The molecule has 2 aliphatic heterocycles. The summed E-state index contributed by atoms with van der Waals surface area (Å²) in [4.78, 5) is 2.30. The van der Waals surface area contributed by atoms with Crippen molar-refractivity contribution < 1.29 is 4.39 Å². The second kappa shape index (κ2) is 1.94. The summed E-state index contributed by atoms with van der Waals surface area (Å²) in [5.74, 6) is 0. The van der Waals surface area contributed by atoms with Gasteiger partial charge in [-0.25, -0.2) is 4.39 Å². The Bertz CT molecular complexity index is 144. The van der Waals surface area contributed by atoms with E-state index in [0.717, 1.165) is 19.4 Å². The van der Waals surface area contributed by atoms with Gasteiger partial charge in [-0.15, -0.1) is 0 Å². The maximum Gasteiger partial charge on any atom is 0.115 e. The molecule has 2 fully saturated rings. The van der Waals surface area contributed by atoms with Crippen LogP contribution in [0.3, 0.4) is 0 Å². The molecule has 2 aliphatic rings. The van der Waals surface area contributed by atoms with Gasteiger partial charge in [0, 0.05) is 18.6 Å². The standard InChI is InChI=1S/C8H14FN/c1-2-8-3-4-10(8)6-7(9)5-8/h7H,2-6H2,1H3/t7-,8+/m0/s1. The number of hydrogen-bond donors (Lipinski definition) is 0. The molecule has 1 nitrogen and oxygen atoms in total. The summed E-state index contributed by atoms with van der Waals surface area (Å²) in [5.41, 5.74) is 0.305. The van der Waals surface area contributed by atoms with Crippen LogP contribution in [-0.2, 0) is 0 Å². The van der Waals surface area contributed by atoms with E-state index in [0.29, 0.717) is 12.1 Å². The summed E-state index contributed by atoms with van der Waals surface area (Å²) < 4.78 is 12.9. The lowest BCUT2D eigenvalue weighted by atomic mass is 9.82. The largest absolute Gasteiger partial charge is 0.295 e. The average molecular weight is 143 g/mol.